The molecule has 0 spiro atoms. The van der Waals surface area contributed by atoms with E-state index in [-0.39, 0.29) is 13.2 Å². The molecule has 0 N–H and O–H groups in total. The third-order valence-electron chi connectivity index (χ3n) is 1.67. The highest BCUT2D eigenvalue weighted by Gasteiger charge is 2.03. The molecular formula is C12H20O8. The molecule has 0 heterocycles. The summed E-state index contributed by atoms with van der Waals surface area (Å²) in [7, 11) is 0. The Labute approximate surface area is 117 Å². The number of hydrogen-bond acceptors (Lipinski definition) is 8. The Morgan fingerprint density at radius 2 is 1.15 bits per heavy atom. The SMILES string of the molecule is CCOCCOOC(=O)/C=C\C(=O)OOCCOCC. The molecule has 0 aliphatic rings. The van der Waals surface area contributed by atoms with E-state index in [0.29, 0.717) is 26.4 Å². The first-order valence-corrected chi connectivity index (χ1v) is 6.21. The molecule has 8 heteroatoms. The molecule has 0 saturated heterocycles. The Morgan fingerprint density at radius 1 is 0.750 bits per heavy atom. The van der Waals surface area contributed by atoms with Crippen molar-refractivity contribution >= 4 is 11.9 Å². The summed E-state index contributed by atoms with van der Waals surface area (Å²) in [6.45, 7) is 5.59. The summed E-state index contributed by atoms with van der Waals surface area (Å²) < 4.78 is 9.90. The smallest absolute Gasteiger partial charge is 0.366 e. The summed E-state index contributed by atoms with van der Waals surface area (Å²) in [6.07, 6.45) is 1.71. The van der Waals surface area contributed by atoms with E-state index in [1.54, 1.807) is 0 Å². The van der Waals surface area contributed by atoms with Crippen LogP contribution < -0.4 is 0 Å². The van der Waals surface area contributed by atoms with Gasteiger partial charge in [-0.1, -0.05) is 0 Å². The summed E-state index contributed by atoms with van der Waals surface area (Å²) >= 11 is 0. The van der Waals surface area contributed by atoms with Gasteiger partial charge in [-0.05, 0) is 13.8 Å². The molecule has 0 rings (SSSR count). The van der Waals surface area contributed by atoms with E-state index in [2.05, 4.69) is 19.6 Å². The molecule has 0 amide bonds. The van der Waals surface area contributed by atoms with Crippen molar-refractivity contribution in [3.8, 4) is 0 Å². The van der Waals surface area contributed by atoms with Gasteiger partial charge in [-0.2, -0.15) is 9.78 Å². The van der Waals surface area contributed by atoms with Gasteiger partial charge in [0.2, 0.25) is 0 Å². The molecule has 0 aliphatic carbocycles. The quantitative estimate of drug-likeness (QED) is 0.223. The van der Waals surface area contributed by atoms with Crippen molar-refractivity contribution in [1.82, 2.24) is 0 Å². The lowest BCUT2D eigenvalue weighted by Crippen LogP contribution is -2.10. The Balaban J connectivity index is 3.54. The first kappa shape index (κ1) is 18.5. The molecule has 0 aromatic carbocycles. The monoisotopic (exact) mass is 292 g/mol. The van der Waals surface area contributed by atoms with Crippen LogP contribution in [-0.4, -0.2) is 51.6 Å². The number of ether oxygens (including phenoxy) is 2. The van der Waals surface area contributed by atoms with E-state index < -0.39 is 11.9 Å². The van der Waals surface area contributed by atoms with Crippen molar-refractivity contribution < 1.29 is 38.6 Å². The predicted molar refractivity (Wildman–Crippen MR) is 66.2 cm³/mol. The molecule has 0 saturated carbocycles. The fourth-order valence-electron chi connectivity index (χ4n) is 0.866. The highest BCUT2D eigenvalue weighted by atomic mass is 17.2. The van der Waals surface area contributed by atoms with Crippen molar-refractivity contribution in [2.75, 3.05) is 39.6 Å². The van der Waals surface area contributed by atoms with Crippen molar-refractivity contribution in [1.29, 1.82) is 0 Å². The number of carbonyl (C=O) groups excluding carboxylic acids is 2. The van der Waals surface area contributed by atoms with Crippen LogP contribution in [0.4, 0.5) is 0 Å². The standard InChI is InChI=1S/C12H20O8/c1-3-15-7-9-17-19-11(13)5-6-12(14)20-18-10-8-16-4-2/h5-6H,3-4,7-10H2,1-2H3/b6-5-. The number of hydrogen-bond donors (Lipinski definition) is 0. The second-order valence-corrected chi connectivity index (χ2v) is 3.18. The highest BCUT2D eigenvalue weighted by Crippen LogP contribution is 1.89. The predicted octanol–water partition coefficient (Wildman–Crippen LogP) is 0.565. The summed E-state index contributed by atoms with van der Waals surface area (Å²) in [5, 5.41) is 0. The van der Waals surface area contributed by atoms with E-state index in [1.807, 2.05) is 13.8 Å². The molecule has 8 nitrogen and oxygen atoms in total. The van der Waals surface area contributed by atoms with Crippen LogP contribution in [0.3, 0.4) is 0 Å². The molecule has 0 atom stereocenters. The van der Waals surface area contributed by atoms with Crippen molar-refractivity contribution in [3.05, 3.63) is 12.2 Å². The molecule has 116 valence electrons. The minimum atomic E-state index is -0.840. The zero-order chi connectivity index (χ0) is 15.1. The van der Waals surface area contributed by atoms with Crippen molar-refractivity contribution in [3.63, 3.8) is 0 Å². The number of rotatable bonds is 12. The van der Waals surface area contributed by atoms with Gasteiger partial charge in [-0.3, -0.25) is 9.78 Å². The molecule has 0 aliphatic heterocycles. The third kappa shape index (κ3) is 13.0. The van der Waals surface area contributed by atoms with Gasteiger partial charge in [-0.25, -0.2) is 9.59 Å². The topological polar surface area (TPSA) is 89.5 Å². The van der Waals surface area contributed by atoms with Crippen molar-refractivity contribution in [2.24, 2.45) is 0 Å². The number of carbonyl (C=O) groups is 2. The second-order valence-electron chi connectivity index (χ2n) is 3.18. The Bertz CT molecular complexity index is 261. The van der Waals surface area contributed by atoms with Crippen LogP contribution in [0.25, 0.3) is 0 Å². The van der Waals surface area contributed by atoms with Gasteiger partial charge in [0.05, 0.1) is 13.2 Å². The van der Waals surface area contributed by atoms with Gasteiger partial charge in [0.25, 0.3) is 0 Å². The van der Waals surface area contributed by atoms with E-state index in [0.717, 1.165) is 12.2 Å². The van der Waals surface area contributed by atoms with Gasteiger partial charge in [-0.15, -0.1) is 0 Å². The molecule has 0 bridgehead atoms. The van der Waals surface area contributed by atoms with E-state index >= 15 is 0 Å². The van der Waals surface area contributed by atoms with E-state index in [1.165, 1.54) is 0 Å². The van der Waals surface area contributed by atoms with Gasteiger partial charge in [0.15, 0.2) is 0 Å². The molecule has 0 aromatic rings. The lowest BCUT2D eigenvalue weighted by atomic mass is 10.5. The maximum atomic E-state index is 11.1. The summed E-state index contributed by atoms with van der Waals surface area (Å²) in [4.78, 5) is 39.8. The third-order valence-corrected chi connectivity index (χ3v) is 1.67. The molecular weight excluding hydrogens is 272 g/mol. The van der Waals surface area contributed by atoms with Crippen LogP contribution in [0.2, 0.25) is 0 Å². The summed E-state index contributed by atoms with van der Waals surface area (Å²) in [5.41, 5.74) is 0. The fourth-order valence-corrected chi connectivity index (χ4v) is 0.866. The minimum absolute atomic E-state index is 0.110. The van der Waals surface area contributed by atoms with Gasteiger partial charge in [0.1, 0.15) is 13.2 Å². The van der Waals surface area contributed by atoms with Gasteiger partial charge in [0, 0.05) is 25.4 Å². The van der Waals surface area contributed by atoms with Crippen LogP contribution in [0, 0.1) is 0 Å². The summed E-state index contributed by atoms with van der Waals surface area (Å²) in [5.74, 6) is -1.68. The van der Waals surface area contributed by atoms with Gasteiger partial charge < -0.3 is 9.47 Å². The first-order valence-electron chi connectivity index (χ1n) is 6.21. The lowest BCUT2D eigenvalue weighted by Gasteiger charge is -2.02. The Morgan fingerprint density at radius 3 is 1.50 bits per heavy atom. The first-order chi connectivity index (χ1) is 9.70. The maximum absolute atomic E-state index is 11.1. The zero-order valence-electron chi connectivity index (χ0n) is 11.7. The Hall–Kier alpha value is -1.48. The zero-order valence-corrected chi connectivity index (χ0v) is 11.7. The Kier molecular flexibility index (Phi) is 12.9. The van der Waals surface area contributed by atoms with Crippen molar-refractivity contribution in [2.45, 2.75) is 13.8 Å². The largest absolute Gasteiger partial charge is 0.379 e. The average molecular weight is 292 g/mol. The van der Waals surface area contributed by atoms with Crippen LogP contribution >= 0.6 is 0 Å². The fraction of sp³-hybridized carbons (Fsp3) is 0.667. The van der Waals surface area contributed by atoms with Crippen LogP contribution in [-0.2, 0) is 38.6 Å². The van der Waals surface area contributed by atoms with E-state index in [9.17, 15) is 9.59 Å². The summed E-state index contributed by atoms with van der Waals surface area (Å²) in [6, 6.07) is 0. The van der Waals surface area contributed by atoms with Crippen LogP contribution in [0.1, 0.15) is 13.8 Å². The molecule has 0 unspecified atom stereocenters. The van der Waals surface area contributed by atoms with Gasteiger partial charge >= 0.3 is 11.9 Å². The molecule has 0 fully saturated rings. The molecule has 20 heavy (non-hydrogen) atoms. The normalized spacial score (nSPS) is 10.7. The van der Waals surface area contributed by atoms with Crippen LogP contribution in [0.15, 0.2) is 12.2 Å². The minimum Gasteiger partial charge on any atom is -0.379 e. The highest BCUT2D eigenvalue weighted by molar-refractivity contribution is 5.91. The average Bonchev–Trinajstić information content (AvgIpc) is 2.44. The molecule has 0 aromatic heterocycles. The van der Waals surface area contributed by atoms with E-state index in [4.69, 9.17) is 9.47 Å². The lowest BCUT2D eigenvalue weighted by molar-refractivity contribution is -0.273. The second kappa shape index (κ2) is 13.9. The maximum Gasteiger partial charge on any atom is 0.366 e. The van der Waals surface area contributed by atoms with Crippen LogP contribution in [0.5, 0.6) is 0 Å². The molecule has 0 radical (unpaired) electrons.